The second kappa shape index (κ2) is 5.57. The van der Waals surface area contributed by atoms with Gasteiger partial charge in [-0.2, -0.15) is 0 Å². The maximum atomic E-state index is 13.8. The summed E-state index contributed by atoms with van der Waals surface area (Å²) in [5, 5.41) is 0.434. The molecule has 2 N–H and O–H groups in total. The van der Waals surface area contributed by atoms with Crippen LogP contribution in [0.5, 0.6) is 0 Å². The summed E-state index contributed by atoms with van der Waals surface area (Å²) in [6.45, 7) is 1.56. The lowest BCUT2D eigenvalue weighted by Crippen LogP contribution is -2.15. The van der Waals surface area contributed by atoms with E-state index < -0.39 is 17.7 Å². The standard InChI is InChI=1S/C14H11BrClF2N/c1-7-4-10(13(18)6-12(7)17)14(19)9-3-2-8(15)5-11(9)16/h2-6,14H,19H2,1H3. The van der Waals surface area contributed by atoms with E-state index in [0.717, 1.165) is 10.5 Å². The van der Waals surface area contributed by atoms with E-state index in [1.165, 1.54) is 6.07 Å². The van der Waals surface area contributed by atoms with Gasteiger partial charge in [-0.3, -0.25) is 0 Å². The molecule has 2 aromatic rings. The molecule has 1 unspecified atom stereocenters. The van der Waals surface area contributed by atoms with E-state index >= 15 is 0 Å². The number of nitrogens with two attached hydrogens (primary N) is 1. The molecule has 0 heterocycles. The van der Waals surface area contributed by atoms with Crippen LogP contribution in [0.15, 0.2) is 34.8 Å². The Bertz CT molecular complexity index is 631. The Kier molecular flexibility index (Phi) is 4.23. The van der Waals surface area contributed by atoms with Crippen molar-refractivity contribution in [2.24, 2.45) is 5.73 Å². The third-order valence-corrected chi connectivity index (χ3v) is 3.73. The van der Waals surface area contributed by atoms with Gasteiger partial charge in [0.2, 0.25) is 0 Å². The van der Waals surface area contributed by atoms with Crippen molar-refractivity contribution in [3.05, 3.63) is 68.2 Å². The Morgan fingerprint density at radius 1 is 1.11 bits per heavy atom. The van der Waals surface area contributed by atoms with Crippen molar-refractivity contribution in [2.75, 3.05) is 0 Å². The van der Waals surface area contributed by atoms with Gasteiger partial charge in [0.1, 0.15) is 11.6 Å². The fraction of sp³-hybridized carbons (Fsp3) is 0.143. The molecule has 2 aromatic carbocycles. The van der Waals surface area contributed by atoms with Crippen molar-refractivity contribution in [1.29, 1.82) is 0 Å². The second-order valence-electron chi connectivity index (χ2n) is 4.27. The molecule has 0 saturated carbocycles. The molecule has 0 aliphatic heterocycles. The predicted octanol–water partition coefficient (Wildman–Crippen LogP) is 4.74. The topological polar surface area (TPSA) is 26.0 Å². The highest BCUT2D eigenvalue weighted by Gasteiger charge is 2.18. The van der Waals surface area contributed by atoms with Gasteiger partial charge >= 0.3 is 0 Å². The van der Waals surface area contributed by atoms with Crippen molar-refractivity contribution in [1.82, 2.24) is 0 Å². The molecule has 0 bridgehead atoms. The van der Waals surface area contributed by atoms with Crippen LogP contribution in [0.1, 0.15) is 22.7 Å². The molecule has 0 aromatic heterocycles. The van der Waals surface area contributed by atoms with E-state index in [9.17, 15) is 8.78 Å². The maximum absolute atomic E-state index is 13.8. The summed E-state index contributed by atoms with van der Waals surface area (Å²) in [6.07, 6.45) is 0. The van der Waals surface area contributed by atoms with Crippen LogP contribution in [0.25, 0.3) is 0 Å². The molecule has 0 saturated heterocycles. The third-order valence-electron chi connectivity index (χ3n) is 2.91. The zero-order valence-corrected chi connectivity index (χ0v) is 12.4. The summed E-state index contributed by atoms with van der Waals surface area (Å²) in [6, 6.07) is 6.69. The lowest BCUT2D eigenvalue weighted by Gasteiger charge is -2.16. The van der Waals surface area contributed by atoms with Crippen LogP contribution in [0.2, 0.25) is 5.02 Å². The molecular formula is C14H11BrClF2N. The number of benzene rings is 2. The molecule has 2 rings (SSSR count). The second-order valence-corrected chi connectivity index (χ2v) is 5.59. The molecule has 0 aliphatic rings. The molecule has 0 fully saturated rings. The van der Waals surface area contributed by atoms with Gasteiger partial charge in [-0.05, 0) is 36.2 Å². The highest BCUT2D eigenvalue weighted by atomic mass is 79.9. The van der Waals surface area contributed by atoms with Gasteiger partial charge in [0.05, 0.1) is 6.04 Å². The summed E-state index contributed by atoms with van der Waals surface area (Å²) in [5.41, 5.74) is 7.19. The average molecular weight is 347 g/mol. The van der Waals surface area contributed by atoms with Crippen LogP contribution in [0, 0.1) is 18.6 Å². The highest BCUT2D eigenvalue weighted by molar-refractivity contribution is 9.10. The van der Waals surface area contributed by atoms with Crippen LogP contribution >= 0.6 is 27.5 Å². The molecule has 0 amide bonds. The van der Waals surface area contributed by atoms with Crippen LogP contribution in [0.4, 0.5) is 8.78 Å². The minimum absolute atomic E-state index is 0.225. The Hall–Kier alpha value is -0.970. The van der Waals surface area contributed by atoms with Gasteiger partial charge in [-0.15, -0.1) is 0 Å². The highest BCUT2D eigenvalue weighted by Crippen LogP contribution is 2.31. The van der Waals surface area contributed by atoms with Crippen molar-refractivity contribution in [3.63, 3.8) is 0 Å². The Labute approximate surface area is 123 Å². The summed E-state index contributed by atoms with van der Waals surface area (Å²) in [5.74, 6) is -1.26. The van der Waals surface area contributed by atoms with Gasteiger partial charge < -0.3 is 5.73 Å². The Morgan fingerprint density at radius 3 is 2.42 bits per heavy atom. The summed E-state index contributed by atoms with van der Waals surface area (Å²) in [7, 11) is 0. The third kappa shape index (κ3) is 2.96. The quantitative estimate of drug-likeness (QED) is 0.835. The Balaban J connectivity index is 2.49. The fourth-order valence-corrected chi connectivity index (χ4v) is 2.63. The summed E-state index contributed by atoms with van der Waals surface area (Å²) >= 11 is 9.38. The summed E-state index contributed by atoms with van der Waals surface area (Å²) in [4.78, 5) is 0. The van der Waals surface area contributed by atoms with Crippen LogP contribution in [-0.2, 0) is 0 Å². The van der Waals surface area contributed by atoms with Crippen molar-refractivity contribution >= 4 is 27.5 Å². The van der Waals surface area contributed by atoms with Gasteiger partial charge in [-0.1, -0.05) is 33.6 Å². The molecule has 1 nitrogen and oxygen atoms in total. The first-order valence-electron chi connectivity index (χ1n) is 5.56. The van der Waals surface area contributed by atoms with E-state index in [0.29, 0.717) is 16.1 Å². The largest absolute Gasteiger partial charge is 0.320 e. The molecule has 5 heteroatoms. The van der Waals surface area contributed by atoms with Gasteiger partial charge in [0.15, 0.2) is 0 Å². The average Bonchev–Trinajstić information content (AvgIpc) is 2.33. The van der Waals surface area contributed by atoms with Crippen LogP contribution in [-0.4, -0.2) is 0 Å². The summed E-state index contributed by atoms with van der Waals surface area (Å²) < 4.78 is 27.9. The van der Waals surface area contributed by atoms with Gasteiger partial charge in [-0.25, -0.2) is 8.78 Å². The monoisotopic (exact) mass is 345 g/mol. The van der Waals surface area contributed by atoms with Crippen molar-refractivity contribution in [3.8, 4) is 0 Å². The van der Waals surface area contributed by atoms with E-state index in [1.807, 2.05) is 0 Å². The van der Waals surface area contributed by atoms with Crippen LogP contribution < -0.4 is 5.73 Å². The smallest absolute Gasteiger partial charge is 0.131 e. The minimum Gasteiger partial charge on any atom is -0.320 e. The number of hydrogen-bond donors (Lipinski definition) is 1. The predicted molar refractivity (Wildman–Crippen MR) is 76.3 cm³/mol. The van der Waals surface area contributed by atoms with Crippen LogP contribution in [0.3, 0.4) is 0 Å². The maximum Gasteiger partial charge on any atom is 0.131 e. The van der Waals surface area contributed by atoms with E-state index in [2.05, 4.69) is 15.9 Å². The zero-order chi connectivity index (χ0) is 14.2. The van der Waals surface area contributed by atoms with Crippen molar-refractivity contribution in [2.45, 2.75) is 13.0 Å². The molecule has 0 aliphatic carbocycles. The molecule has 100 valence electrons. The number of rotatable bonds is 2. The normalized spacial score (nSPS) is 12.5. The van der Waals surface area contributed by atoms with Gasteiger partial charge in [0, 0.05) is 21.1 Å². The molecule has 0 radical (unpaired) electrons. The molecule has 0 spiro atoms. The first kappa shape index (κ1) is 14.4. The number of aryl methyl sites for hydroxylation is 1. The lowest BCUT2D eigenvalue weighted by atomic mass is 9.97. The molecular weight excluding hydrogens is 336 g/mol. The van der Waals surface area contributed by atoms with Gasteiger partial charge in [0.25, 0.3) is 0 Å². The number of hydrogen-bond acceptors (Lipinski definition) is 1. The first-order valence-corrected chi connectivity index (χ1v) is 6.73. The van der Waals surface area contributed by atoms with Crippen molar-refractivity contribution < 1.29 is 8.78 Å². The lowest BCUT2D eigenvalue weighted by molar-refractivity contribution is 0.561. The minimum atomic E-state index is -0.736. The fourth-order valence-electron chi connectivity index (χ4n) is 1.84. The van der Waals surface area contributed by atoms with E-state index in [1.54, 1.807) is 25.1 Å². The number of halogens is 4. The molecule has 1 atom stereocenters. The Morgan fingerprint density at radius 2 is 1.79 bits per heavy atom. The first-order chi connectivity index (χ1) is 8.90. The zero-order valence-electron chi connectivity index (χ0n) is 10.1. The molecule has 19 heavy (non-hydrogen) atoms. The van der Waals surface area contributed by atoms with E-state index in [4.69, 9.17) is 17.3 Å². The van der Waals surface area contributed by atoms with E-state index in [-0.39, 0.29) is 5.56 Å². The SMILES string of the molecule is Cc1cc(C(N)c2ccc(Br)cc2Cl)c(F)cc1F.